The molecule has 0 atom stereocenters. The first-order chi connectivity index (χ1) is 16.6. The van der Waals surface area contributed by atoms with Crippen molar-refractivity contribution in [2.75, 3.05) is 5.73 Å². The summed E-state index contributed by atoms with van der Waals surface area (Å²) in [5.74, 6) is -0.306. The van der Waals surface area contributed by atoms with Gasteiger partial charge in [0.25, 0.3) is 15.9 Å². The maximum atomic E-state index is 13.2. The largest absolute Gasteiger partial charge is 0.438 e. The molecule has 1 amide bonds. The van der Waals surface area contributed by atoms with Crippen LogP contribution < -0.4 is 15.2 Å². The number of rotatable bonds is 6. The molecule has 0 aliphatic carbocycles. The van der Waals surface area contributed by atoms with E-state index in [1.165, 1.54) is 24.3 Å². The molecule has 0 aliphatic heterocycles. The maximum Gasteiger partial charge on any atom is 0.270 e. The summed E-state index contributed by atoms with van der Waals surface area (Å²) in [6.07, 6.45) is 0. The van der Waals surface area contributed by atoms with Gasteiger partial charge in [0.05, 0.1) is 10.6 Å². The van der Waals surface area contributed by atoms with Gasteiger partial charge in [0.2, 0.25) is 5.88 Å². The van der Waals surface area contributed by atoms with Crippen LogP contribution in [-0.4, -0.2) is 19.3 Å². The molecular weight excluding hydrogens is 462 g/mol. The molecule has 0 saturated carbocycles. The Kier molecular flexibility index (Phi) is 6.57. The second kappa shape index (κ2) is 9.60. The van der Waals surface area contributed by atoms with E-state index in [4.69, 9.17) is 10.5 Å². The van der Waals surface area contributed by atoms with Gasteiger partial charge in [-0.15, -0.1) is 0 Å². The molecule has 0 unspecified atom stereocenters. The number of pyridine rings is 1. The summed E-state index contributed by atoms with van der Waals surface area (Å²) in [5.41, 5.74) is 10.2. The van der Waals surface area contributed by atoms with Gasteiger partial charge in [0.1, 0.15) is 11.3 Å². The molecule has 4 aromatic rings. The van der Waals surface area contributed by atoms with E-state index < -0.39 is 15.9 Å². The van der Waals surface area contributed by atoms with Crippen molar-refractivity contribution in [3.63, 3.8) is 0 Å². The van der Waals surface area contributed by atoms with Gasteiger partial charge in [-0.1, -0.05) is 54.1 Å². The number of nitrogen functional groups attached to an aromatic ring is 1. The fourth-order valence-electron chi connectivity index (χ4n) is 3.80. The van der Waals surface area contributed by atoms with Gasteiger partial charge in [-0.05, 0) is 62.2 Å². The summed E-state index contributed by atoms with van der Waals surface area (Å²) in [5, 5.41) is 0. The molecule has 1 aromatic heterocycles. The minimum Gasteiger partial charge on any atom is -0.438 e. The van der Waals surface area contributed by atoms with Gasteiger partial charge in [-0.3, -0.25) is 4.79 Å². The van der Waals surface area contributed by atoms with Gasteiger partial charge >= 0.3 is 0 Å². The third-order valence-corrected chi connectivity index (χ3v) is 6.70. The van der Waals surface area contributed by atoms with E-state index in [2.05, 4.69) is 9.71 Å². The molecule has 0 aliphatic rings. The molecule has 3 aromatic carbocycles. The van der Waals surface area contributed by atoms with E-state index in [0.29, 0.717) is 11.4 Å². The van der Waals surface area contributed by atoms with Crippen LogP contribution in [0.1, 0.15) is 27.0 Å². The zero-order chi connectivity index (χ0) is 25.2. The minimum atomic E-state index is -4.17. The van der Waals surface area contributed by atoms with Crippen LogP contribution in [0.2, 0.25) is 0 Å². The summed E-state index contributed by atoms with van der Waals surface area (Å²) in [6, 6.07) is 22.2. The third-order valence-electron chi connectivity index (χ3n) is 5.37. The average Bonchev–Trinajstić information content (AvgIpc) is 2.81. The zero-order valence-electron chi connectivity index (χ0n) is 19.6. The van der Waals surface area contributed by atoms with Crippen molar-refractivity contribution >= 4 is 21.6 Å². The van der Waals surface area contributed by atoms with Crippen molar-refractivity contribution in [3.8, 4) is 22.9 Å². The molecule has 35 heavy (non-hydrogen) atoms. The number of carbonyl (C=O) groups is 1. The Bertz CT molecular complexity index is 1490. The van der Waals surface area contributed by atoms with E-state index in [1.807, 2.05) is 63.2 Å². The quantitative estimate of drug-likeness (QED) is 0.363. The molecule has 7 nitrogen and oxygen atoms in total. The first kappa shape index (κ1) is 24.0. The Morgan fingerprint density at radius 3 is 2.23 bits per heavy atom. The number of nitrogens with two attached hydrogens (primary N) is 1. The Morgan fingerprint density at radius 2 is 1.57 bits per heavy atom. The van der Waals surface area contributed by atoms with Crippen LogP contribution in [0.25, 0.3) is 11.3 Å². The molecule has 178 valence electrons. The standard InChI is InChI=1S/C27H25N3O4S/c1-17-14-18(2)25(19(3)15-17)34-27-23(12-13-24(29-27)20-8-5-4-6-9-20)26(31)30-35(32,33)22-11-7-10-21(28)16-22/h4-16H,28H2,1-3H3,(H,30,31). The second-order valence-corrected chi connectivity index (χ2v) is 9.93. The summed E-state index contributed by atoms with van der Waals surface area (Å²) in [7, 11) is -4.17. The number of aromatic nitrogens is 1. The molecule has 4 rings (SSSR count). The lowest BCUT2D eigenvalue weighted by Crippen LogP contribution is -2.31. The number of nitrogens with zero attached hydrogens (tertiary/aromatic N) is 1. The van der Waals surface area contributed by atoms with Crippen molar-refractivity contribution in [1.82, 2.24) is 9.71 Å². The number of hydrogen-bond donors (Lipinski definition) is 2. The van der Waals surface area contributed by atoms with Crippen LogP contribution in [0.3, 0.4) is 0 Å². The van der Waals surface area contributed by atoms with Crippen LogP contribution in [0.4, 0.5) is 5.69 Å². The summed E-state index contributed by atoms with van der Waals surface area (Å²) >= 11 is 0. The molecule has 0 spiro atoms. The normalized spacial score (nSPS) is 11.2. The molecular formula is C27H25N3O4S. The molecule has 0 saturated heterocycles. The number of sulfonamides is 1. The van der Waals surface area contributed by atoms with Crippen LogP contribution in [0.5, 0.6) is 11.6 Å². The smallest absolute Gasteiger partial charge is 0.270 e. The monoisotopic (exact) mass is 487 g/mol. The van der Waals surface area contributed by atoms with E-state index in [1.54, 1.807) is 12.1 Å². The molecule has 0 fully saturated rings. The van der Waals surface area contributed by atoms with E-state index in [-0.39, 0.29) is 22.0 Å². The van der Waals surface area contributed by atoms with Crippen molar-refractivity contribution in [2.45, 2.75) is 25.7 Å². The lowest BCUT2D eigenvalue weighted by Gasteiger charge is -2.16. The van der Waals surface area contributed by atoms with Crippen molar-refractivity contribution in [1.29, 1.82) is 0 Å². The lowest BCUT2D eigenvalue weighted by molar-refractivity contribution is 0.0978. The van der Waals surface area contributed by atoms with Gasteiger partial charge in [-0.2, -0.15) is 0 Å². The van der Waals surface area contributed by atoms with Gasteiger partial charge in [-0.25, -0.2) is 18.1 Å². The van der Waals surface area contributed by atoms with Crippen LogP contribution in [-0.2, 0) is 10.0 Å². The molecule has 0 radical (unpaired) electrons. The van der Waals surface area contributed by atoms with Crippen molar-refractivity contribution in [2.24, 2.45) is 0 Å². The van der Waals surface area contributed by atoms with E-state index in [9.17, 15) is 13.2 Å². The number of ether oxygens (including phenoxy) is 1. The number of benzene rings is 3. The van der Waals surface area contributed by atoms with E-state index in [0.717, 1.165) is 22.3 Å². The fraction of sp³-hybridized carbons (Fsp3) is 0.111. The highest BCUT2D eigenvalue weighted by Gasteiger charge is 2.24. The predicted molar refractivity (Wildman–Crippen MR) is 136 cm³/mol. The predicted octanol–water partition coefficient (Wildman–Crippen LogP) is 5.17. The van der Waals surface area contributed by atoms with Gasteiger partial charge in [0.15, 0.2) is 0 Å². The number of nitrogens with one attached hydrogen (secondary N) is 1. The highest BCUT2D eigenvalue weighted by Crippen LogP contribution is 2.32. The van der Waals surface area contributed by atoms with Gasteiger partial charge in [0, 0.05) is 11.3 Å². The fourth-order valence-corrected chi connectivity index (χ4v) is 4.82. The highest BCUT2D eigenvalue weighted by molar-refractivity contribution is 7.90. The molecule has 8 heteroatoms. The Hall–Kier alpha value is -4.17. The van der Waals surface area contributed by atoms with Crippen LogP contribution in [0.15, 0.2) is 83.8 Å². The SMILES string of the molecule is Cc1cc(C)c(Oc2nc(-c3ccccc3)ccc2C(=O)NS(=O)(=O)c2cccc(N)c2)c(C)c1. The maximum absolute atomic E-state index is 13.2. The van der Waals surface area contributed by atoms with Crippen molar-refractivity contribution in [3.05, 3.63) is 101 Å². The Morgan fingerprint density at radius 1 is 0.886 bits per heavy atom. The lowest BCUT2D eigenvalue weighted by atomic mass is 10.1. The first-order valence-corrected chi connectivity index (χ1v) is 12.4. The average molecular weight is 488 g/mol. The van der Waals surface area contributed by atoms with Crippen molar-refractivity contribution < 1.29 is 17.9 Å². The zero-order valence-corrected chi connectivity index (χ0v) is 20.4. The first-order valence-electron chi connectivity index (χ1n) is 10.9. The highest BCUT2D eigenvalue weighted by atomic mass is 32.2. The van der Waals surface area contributed by atoms with Crippen LogP contribution >= 0.6 is 0 Å². The third kappa shape index (κ3) is 5.33. The number of amides is 1. The summed E-state index contributed by atoms with van der Waals surface area (Å²) < 4.78 is 33.9. The summed E-state index contributed by atoms with van der Waals surface area (Å²) in [4.78, 5) is 17.6. The Labute approximate surface area is 204 Å². The second-order valence-electron chi connectivity index (χ2n) is 8.25. The molecule has 3 N–H and O–H groups in total. The molecule has 0 bridgehead atoms. The number of hydrogen-bond acceptors (Lipinski definition) is 6. The van der Waals surface area contributed by atoms with Crippen LogP contribution in [0, 0.1) is 20.8 Å². The number of carbonyl (C=O) groups excluding carboxylic acids is 1. The Balaban J connectivity index is 1.76. The number of aryl methyl sites for hydroxylation is 3. The van der Waals surface area contributed by atoms with E-state index >= 15 is 0 Å². The molecule has 1 heterocycles. The summed E-state index contributed by atoms with van der Waals surface area (Å²) in [6.45, 7) is 5.79. The minimum absolute atomic E-state index is 0.00156. The van der Waals surface area contributed by atoms with Gasteiger partial charge < -0.3 is 10.5 Å². The topological polar surface area (TPSA) is 111 Å². The number of anilines is 1.